The summed E-state index contributed by atoms with van der Waals surface area (Å²) in [6.07, 6.45) is 1.60. The lowest BCUT2D eigenvalue weighted by molar-refractivity contribution is 0.408. The molecule has 1 aromatic carbocycles. The molecule has 1 aromatic heterocycles. The van der Waals surface area contributed by atoms with E-state index in [4.69, 9.17) is 4.52 Å². The Bertz CT molecular complexity index is 466. The fourth-order valence-corrected chi connectivity index (χ4v) is 2.13. The van der Waals surface area contributed by atoms with Gasteiger partial charge in [-0.1, -0.05) is 22.9 Å². The van der Waals surface area contributed by atoms with Gasteiger partial charge in [0.05, 0.1) is 5.69 Å². The van der Waals surface area contributed by atoms with E-state index in [2.05, 4.69) is 43.4 Å². The van der Waals surface area contributed by atoms with E-state index in [1.54, 1.807) is 6.26 Å². The molecule has 0 bridgehead atoms. The van der Waals surface area contributed by atoms with E-state index in [1.165, 1.54) is 22.3 Å². The predicted molar refractivity (Wildman–Crippen MR) is 67.7 cm³/mol. The summed E-state index contributed by atoms with van der Waals surface area (Å²) in [5.74, 6) is 0. The molecule has 0 atom stereocenters. The third kappa shape index (κ3) is 2.94. The molecule has 0 fully saturated rings. The van der Waals surface area contributed by atoms with Gasteiger partial charge < -0.3 is 9.84 Å². The summed E-state index contributed by atoms with van der Waals surface area (Å²) in [5, 5.41) is 7.25. The highest BCUT2D eigenvalue weighted by atomic mass is 16.5. The highest BCUT2D eigenvalue weighted by molar-refractivity contribution is 5.37. The quantitative estimate of drug-likeness (QED) is 0.877. The number of hydrogen-bond acceptors (Lipinski definition) is 3. The molecule has 0 aliphatic carbocycles. The van der Waals surface area contributed by atoms with Crippen LogP contribution in [0, 0.1) is 20.8 Å². The van der Waals surface area contributed by atoms with Gasteiger partial charge in [-0.25, -0.2) is 0 Å². The van der Waals surface area contributed by atoms with Gasteiger partial charge in [0.2, 0.25) is 0 Å². The molecule has 2 rings (SSSR count). The zero-order valence-corrected chi connectivity index (χ0v) is 10.6. The molecule has 0 saturated carbocycles. The fourth-order valence-electron chi connectivity index (χ4n) is 2.13. The van der Waals surface area contributed by atoms with Crippen LogP contribution in [0.15, 0.2) is 29.0 Å². The van der Waals surface area contributed by atoms with Crippen LogP contribution in [0.5, 0.6) is 0 Å². The van der Waals surface area contributed by atoms with Crippen molar-refractivity contribution in [2.45, 2.75) is 33.9 Å². The highest BCUT2D eigenvalue weighted by Crippen LogP contribution is 2.16. The minimum absolute atomic E-state index is 0.739. The van der Waals surface area contributed by atoms with Crippen LogP contribution in [0.4, 0.5) is 0 Å². The van der Waals surface area contributed by atoms with Gasteiger partial charge in [-0.05, 0) is 37.5 Å². The van der Waals surface area contributed by atoms with Crippen LogP contribution in [-0.2, 0) is 13.1 Å². The van der Waals surface area contributed by atoms with Crippen molar-refractivity contribution in [1.82, 2.24) is 10.5 Å². The molecule has 0 radical (unpaired) electrons. The van der Waals surface area contributed by atoms with E-state index in [0.29, 0.717) is 0 Å². The van der Waals surface area contributed by atoms with Crippen LogP contribution in [0.2, 0.25) is 0 Å². The first-order valence-electron chi connectivity index (χ1n) is 5.83. The van der Waals surface area contributed by atoms with Crippen LogP contribution in [0.1, 0.15) is 27.9 Å². The Hall–Kier alpha value is -1.61. The molecule has 0 aliphatic heterocycles. The van der Waals surface area contributed by atoms with E-state index >= 15 is 0 Å². The van der Waals surface area contributed by atoms with Crippen molar-refractivity contribution in [3.05, 3.63) is 52.4 Å². The van der Waals surface area contributed by atoms with Crippen molar-refractivity contribution >= 4 is 0 Å². The molecule has 3 nitrogen and oxygen atoms in total. The number of hydrogen-bond donors (Lipinski definition) is 1. The molecule has 3 heteroatoms. The van der Waals surface area contributed by atoms with Gasteiger partial charge in [0.15, 0.2) is 0 Å². The molecule has 1 N–H and O–H groups in total. The van der Waals surface area contributed by atoms with Crippen LogP contribution >= 0.6 is 0 Å². The summed E-state index contributed by atoms with van der Waals surface area (Å²) in [7, 11) is 0. The normalized spacial score (nSPS) is 10.8. The topological polar surface area (TPSA) is 38.1 Å². The molecule has 0 unspecified atom stereocenters. The minimum atomic E-state index is 0.739. The van der Waals surface area contributed by atoms with Gasteiger partial charge >= 0.3 is 0 Å². The molecular formula is C14H18N2O. The molecule has 17 heavy (non-hydrogen) atoms. The number of rotatable bonds is 4. The van der Waals surface area contributed by atoms with E-state index in [9.17, 15) is 0 Å². The summed E-state index contributed by atoms with van der Waals surface area (Å²) >= 11 is 0. The molecular weight excluding hydrogens is 212 g/mol. The first-order chi connectivity index (χ1) is 8.16. The molecule has 2 aromatic rings. The summed E-state index contributed by atoms with van der Waals surface area (Å²) in [4.78, 5) is 0. The average molecular weight is 230 g/mol. The molecule has 0 aliphatic rings. The third-order valence-corrected chi connectivity index (χ3v) is 2.94. The zero-order valence-electron chi connectivity index (χ0n) is 10.6. The largest absolute Gasteiger partial charge is 0.364 e. The summed E-state index contributed by atoms with van der Waals surface area (Å²) in [5.41, 5.74) is 6.32. The van der Waals surface area contributed by atoms with E-state index in [-0.39, 0.29) is 0 Å². The number of benzene rings is 1. The Balaban J connectivity index is 1.99. The maximum absolute atomic E-state index is 4.79. The van der Waals surface area contributed by atoms with Crippen molar-refractivity contribution in [2.75, 3.05) is 0 Å². The maximum atomic E-state index is 4.79. The van der Waals surface area contributed by atoms with Gasteiger partial charge in [-0.15, -0.1) is 0 Å². The van der Waals surface area contributed by atoms with Crippen LogP contribution in [0.3, 0.4) is 0 Å². The second-order valence-corrected chi connectivity index (χ2v) is 4.47. The lowest BCUT2D eigenvalue weighted by Gasteiger charge is -2.11. The summed E-state index contributed by atoms with van der Waals surface area (Å²) < 4.78 is 4.79. The van der Waals surface area contributed by atoms with Gasteiger partial charge in [0.25, 0.3) is 0 Å². The van der Waals surface area contributed by atoms with Crippen LogP contribution in [0.25, 0.3) is 0 Å². The Kier molecular flexibility index (Phi) is 3.59. The van der Waals surface area contributed by atoms with Crippen molar-refractivity contribution < 1.29 is 4.52 Å². The summed E-state index contributed by atoms with van der Waals surface area (Å²) in [6, 6.07) is 6.32. The van der Waals surface area contributed by atoms with E-state index in [1.807, 2.05) is 6.07 Å². The average Bonchev–Trinajstić information content (AvgIpc) is 2.74. The Morgan fingerprint density at radius 3 is 2.41 bits per heavy atom. The number of nitrogens with zero attached hydrogens (tertiary/aromatic N) is 1. The monoisotopic (exact) mass is 230 g/mol. The smallest absolute Gasteiger partial charge is 0.124 e. The first-order valence-corrected chi connectivity index (χ1v) is 5.83. The van der Waals surface area contributed by atoms with E-state index < -0.39 is 0 Å². The van der Waals surface area contributed by atoms with Gasteiger partial charge in [-0.3, -0.25) is 0 Å². The van der Waals surface area contributed by atoms with Crippen molar-refractivity contribution in [1.29, 1.82) is 0 Å². The standard InChI is InChI=1S/C14H18N2O/c1-10-6-11(2)14(12(3)7-10)9-15-8-13-4-5-17-16-13/h4-7,15H,8-9H2,1-3H3. The third-order valence-electron chi connectivity index (χ3n) is 2.94. The Morgan fingerprint density at radius 1 is 1.12 bits per heavy atom. The fraction of sp³-hybridized carbons (Fsp3) is 0.357. The number of nitrogens with one attached hydrogen (secondary N) is 1. The van der Waals surface area contributed by atoms with Gasteiger partial charge in [0.1, 0.15) is 6.26 Å². The zero-order chi connectivity index (χ0) is 12.3. The first kappa shape index (κ1) is 11.9. The van der Waals surface area contributed by atoms with Crippen molar-refractivity contribution in [3.63, 3.8) is 0 Å². The van der Waals surface area contributed by atoms with E-state index in [0.717, 1.165) is 18.8 Å². The SMILES string of the molecule is Cc1cc(C)c(CNCc2ccon2)c(C)c1. The Labute approximate surface area is 102 Å². The lowest BCUT2D eigenvalue weighted by atomic mass is 10.00. The summed E-state index contributed by atoms with van der Waals surface area (Å²) in [6.45, 7) is 8.06. The van der Waals surface area contributed by atoms with Gasteiger partial charge in [0, 0.05) is 19.2 Å². The van der Waals surface area contributed by atoms with Crippen LogP contribution in [-0.4, -0.2) is 5.16 Å². The van der Waals surface area contributed by atoms with Crippen LogP contribution < -0.4 is 5.32 Å². The van der Waals surface area contributed by atoms with Crippen molar-refractivity contribution in [2.24, 2.45) is 0 Å². The van der Waals surface area contributed by atoms with Crippen molar-refractivity contribution in [3.8, 4) is 0 Å². The second-order valence-electron chi connectivity index (χ2n) is 4.47. The molecule has 0 saturated heterocycles. The Morgan fingerprint density at radius 2 is 1.82 bits per heavy atom. The molecule has 90 valence electrons. The lowest BCUT2D eigenvalue weighted by Crippen LogP contribution is -2.14. The number of aryl methyl sites for hydroxylation is 3. The molecule has 0 spiro atoms. The minimum Gasteiger partial charge on any atom is -0.364 e. The number of aromatic nitrogens is 1. The highest BCUT2D eigenvalue weighted by Gasteiger charge is 2.04. The second kappa shape index (κ2) is 5.15. The molecule has 1 heterocycles. The molecule has 0 amide bonds. The maximum Gasteiger partial charge on any atom is 0.124 e. The van der Waals surface area contributed by atoms with Gasteiger partial charge in [-0.2, -0.15) is 0 Å². The predicted octanol–water partition coefficient (Wildman–Crippen LogP) is 2.89.